The van der Waals surface area contributed by atoms with Gasteiger partial charge in [-0.1, -0.05) is 27.7 Å². The Kier molecular flexibility index (Phi) is 7.57. The Morgan fingerprint density at radius 1 is 1.15 bits per heavy atom. The molecule has 0 aromatic rings. The van der Waals surface area contributed by atoms with Crippen molar-refractivity contribution in [1.29, 1.82) is 0 Å². The maximum Gasteiger partial charge on any atom is 0.222 e. The van der Waals surface area contributed by atoms with E-state index in [-0.39, 0.29) is 0 Å². The molecule has 0 radical (unpaired) electrons. The summed E-state index contributed by atoms with van der Waals surface area (Å²) in [5.41, 5.74) is 5.68. The summed E-state index contributed by atoms with van der Waals surface area (Å²) < 4.78 is 0. The number of carbonyl (C=O) groups is 1. The van der Waals surface area contributed by atoms with Crippen molar-refractivity contribution in [3.8, 4) is 0 Å². The lowest BCUT2D eigenvalue weighted by Crippen LogP contribution is -2.35. The first-order valence-corrected chi connectivity index (χ1v) is 8.45. The summed E-state index contributed by atoms with van der Waals surface area (Å²) in [6, 6.07) is 0.549. The van der Waals surface area contributed by atoms with E-state index in [1.165, 1.54) is 12.8 Å². The number of rotatable bonds is 10. The summed E-state index contributed by atoms with van der Waals surface area (Å²) in [4.78, 5) is 14.6. The zero-order valence-corrected chi connectivity index (χ0v) is 13.9. The monoisotopic (exact) mass is 282 g/mol. The molecule has 2 N–H and O–H groups in total. The normalized spacial score (nSPS) is 16.8. The summed E-state index contributed by atoms with van der Waals surface area (Å²) in [5.74, 6) is 2.26. The lowest BCUT2D eigenvalue weighted by Gasteiger charge is -2.25. The van der Waals surface area contributed by atoms with Crippen molar-refractivity contribution in [3.63, 3.8) is 0 Å². The fraction of sp³-hybridized carbons (Fsp3) is 0.941. The first kappa shape index (κ1) is 17.5. The summed E-state index contributed by atoms with van der Waals surface area (Å²) in [5, 5.41) is 0. The Morgan fingerprint density at radius 3 is 2.25 bits per heavy atom. The van der Waals surface area contributed by atoms with Gasteiger partial charge in [0.25, 0.3) is 0 Å². The van der Waals surface area contributed by atoms with E-state index in [9.17, 15) is 4.79 Å². The van der Waals surface area contributed by atoms with Gasteiger partial charge in [0.2, 0.25) is 5.91 Å². The first-order chi connectivity index (χ1) is 9.45. The van der Waals surface area contributed by atoms with Gasteiger partial charge in [-0.3, -0.25) is 4.79 Å². The number of hydrogen-bond acceptors (Lipinski definition) is 2. The molecule has 3 heteroatoms. The lowest BCUT2D eigenvalue weighted by molar-refractivity contribution is -0.132. The molecule has 0 heterocycles. The van der Waals surface area contributed by atoms with Crippen molar-refractivity contribution in [2.45, 2.75) is 72.3 Å². The van der Waals surface area contributed by atoms with E-state index < -0.39 is 0 Å². The summed E-state index contributed by atoms with van der Waals surface area (Å²) >= 11 is 0. The lowest BCUT2D eigenvalue weighted by atomic mass is 9.88. The van der Waals surface area contributed by atoms with Crippen LogP contribution in [0.1, 0.15) is 66.2 Å². The minimum atomic E-state index is 0.371. The largest absolute Gasteiger partial charge is 0.340 e. The first-order valence-electron chi connectivity index (χ1n) is 8.45. The van der Waals surface area contributed by atoms with E-state index in [2.05, 4.69) is 32.6 Å². The molecular weight excluding hydrogens is 248 g/mol. The quantitative estimate of drug-likeness (QED) is 0.667. The van der Waals surface area contributed by atoms with Crippen LogP contribution in [0.2, 0.25) is 0 Å². The van der Waals surface area contributed by atoms with Crippen LogP contribution in [-0.4, -0.2) is 29.9 Å². The van der Waals surface area contributed by atoms with Gasteiger partial charge in [-0.2, -0.15) is 0 Å². The number of nitrogens with zero attached hydrogens (tertiary/aromatic N) is 1. The molecule has 1 rings (SSSR count). The minimum Gasteiger partial charge on any atom is -0.340 e. The van der Waals surface area contributed by atoms with E-state index in [4.69, 9.17) is 5.73 Å². The van der Waals surface area contributed by atoms with Crippen LogP contribution >= 0.6 is 0 Å². The zero-order valence-electron chi connectivity index (χ0n) is 13.9. The van der Waals surface area contributed by atoms with E-state index in [1.807, 2.05) is 0 Å². The fourth-order valence-electron chi connectivity index (χ4n) is 2.77. The molecule has 0 aromatic heterocycles. The van der Waals surface area contributed by atoms with Crippen LogP contribution in [-0.2, 0) is 4.79 Å². The molecular formula is C17H34N2O. The molecule has 0 aromatic carbocycles. The maximum absolute atomic E-state index is 12.5. The van der Waals surface area contributed by atoms with Crippen molar-refractivity contribution in [3.05, 3.63) is 0 Å². The van der Waals surface area contributed by atoms with E-state index >= 15 is 0 Å². The zero-order chi connectivity index (χ0) is 15.1. The van der Waals surface area contributed by atoms with Crippen LogP contribution < -0.4 is 5.73 Å². The molecule has 0 spiro atoms. The second-order valence-corrected chi connectivity index (χ2v) is 7.12. The molecule has 1 saturated carbocycles. The molecule has 1 aliphatic rings. The van der Waals surface area contributed by atoms with Crippen molar-refractivity contribution in [1.82, 2.24) is 4.90 Å². The van der Waals surface area contributed by atoms with Crippen molar-refractivity contribution in [2.75, 3.05) is 13.1 Å². The van der Waals surface area contributed by atoms with Crippen LogP contribution in [0, 0.1) is 17.8 Å². The van der Waals surface area contributed by atoms with Crippen LogP contribution in [0.5, 0.6) is 0 Å². The SMILES string of the molecule is CC(C)CCN(C(=O)CCC(CCN)C(C)C)C1CC1. The van der Waals surface area contributed by atoms with Crippen LogP contribution in [0.4, 0.5) is 0 Å². The number of amides is 1. The van der Waals surface area contributed by atoms with Gasteiger partial charge >= 0.3 is 0 Å². The Hall–Kier alpha value is -0.570. The molecule has 0 bridgehead atoms. The van der Waals surface area contributed by atoms with Gasteiger partial charge in [-0.25, -0.2) is 0 Å². The number of carbonyl (C=O) groups excluding carboxylic acids is 1. The highest BCUT2D eigenvalue weighted by molar-refractivity contribution is 5.76. The third kappa shape index (κ3) is 6.25. The smallest absolute Gasteiger partial charge is 0.222 e. The molecule has 118 valence electrons. The summed E-state index contributed by atoms with van der Waals surface area (Å²) in [6.45, 7) is 10.6. The number of hydrogen-bond donors (Lipinski definition) is 1. The van der Waals surface area contributed by atoms with E-state index in [0.717, 1.165) is 32.4 Å². The molecule has 0 saturated heterocycles. The Labute approximate surface area is 125 Å². The Morgan fingerprint density at radius 2 is 1.80 bits per heavy atom. The van der Waals surface area contributed by atoms with Crippen LogP contribution in [0.3, 0.4) is 0 Å². The van der Waals surface area contributed by atoms with Gasteiger partial charge in [0, 0.05) is 19.0 Å². The molecule has 1 fully saturated rings. The van der Waals surface area contributed by atoms with E-state index in [0.29, 0.717) is 36.1 Å². The van der Waals surface area contributed by atoms with Gasteiger partial charge in [0.05, 0.1) is 0 Å². The van der Waals surface area contributed by atoms with Crippen molar-refractivity contribution in [2.24, 2.45) is 23.5 Å². The standard InChI is InChI=1S/C17H34N2O/c1-13(2)10-12-19(16-6-7-16)17(20)8-5-15(9-11-18)14(3)4/h13-16H,5-12,18H2,1-4H3. The highest BCUT2D eigenvalue weighted by atomic mass is 16.2. The molecule has 1 unspecified atom stereocenters. The van der Waals surface area contributed by atoms with Gasteiger partial charge < -0.3 is 10.6 Å². The molecule has 20 heavy (non-hydrogen) atoms. The summed E-state index contributed by atoms with van der Waals surface area (Å²) in [6.07, 6.45) is 6.29. The predicted octanol–water partition coefficient (Wildman–Crippen LogP) is 3.42. The van der Waals surface area contributed by atoms with Gasteiger partial charge in [-0.05, 0) is 56.4 Å². The average Bonchev–Trinajstić information content (AvgIpc) is 3.18. The maximum atomic E-state index is 12.5. The van der Waals surface area contributed by atoms with Crippen molar-refractivity contribution < 1.29 is 4.79 Å². The molecule has 1 aliphatic carbocycles. The highest BCUT2D eigenvalue weighted by Gasteiger charge is 2.32. The third-order valence-electron chi connectivity index (χ3n) is 4.46. The summed E-state index contributed by atoms with van der Waals surface area (Å²) in [7, 11) is 0. The topological polar surface area (TPSA) is 46.3 Å². The molecule has 0 aliphatic heterocycles. The average molecular weight is 282 g/mol. The van der Waals surface area contributed by atoms with Crippen LogP contribution in [0.15, 0.2) is 0 Å². The second kappa shape index (κ2) is 8.66. The Balaban J connectivity index is 2.40. The second-order valence-electron chi connectivity index (χ2n) is 7.12. The van der Waals surface area contributed by atoms with Crippen molar-refractivity contribution >= 4 is 5.91 Å². The molecule has 3 nitrogen and oxygen atoms in total. The van der Waals surface area contributed by atoms with Gasteiger partial charge in [-0.15, -0.1) is 0 Å². The molecule has 1 amide bonds. The third-order valence-corrected chi connectivity index (χ3v) is 4.46. The minimum absolute atomic E-state index is 0.371. The van der Waals surface area contributed by atoms with E-state index in [1.54, 1.807) is 0 Å². The van der Waals surface area contributed by atoms with Crippen LogP contribution in [0.25, 0.3) is 0 Å². The van der Waals surface area contributed by atoms with Gasteiger partial charge in [0.15, 0.2) is 0 Å². The van der Waals surface area contributed by atoms with Gasteiger partial charge in [0.1, 0.15) is 0 Å². The Bertz CT molecular complexity index is 285. The highest BCUT2D eigenvalue weighted by Crippen LogP contribution is 2.29. The number of nitrogens with two attached hydrogens (primary N) is 1. The molecule has 1 atom stereocenters. The fourth-order valence-corrected chi connectivity index (χ4v) is 2.77. The predicted molar refractivity (Wildman–Crippen MR) is 85.4 cm³/mol.